The molecule has 4 aromatic rings. The third-order valence-corrected chi connectivity index (χ3v) is 7.45. The van der Waals surface area contributed by atoms with Crippen molar-refractivity contribution in [3.8, 4) is 0 Å². The van der Waals surface area contributed by atoms with Crippen molar-refractivity contribution in [1.82, 2.24) is 4.90 Å². The van der Waals surface area contributed by atoms with Crippen LogP contribution in [-0.4, -0.2) is 28.9 Å². The van der Waals surface area contributed by atoms with Crippen LogP contribution in [0.4, 0.5) is 0 Å². The molecule has 2 atom stereocenters. The van der Waals surface area contributed by atoms with Crippen molar-refractivity contribution in [3.63, 3.8) is 0 Å². The summed E-state index contributed by atoms with van der Waals surface area (Å²) in [6, 6.07) is 31.8. The predicted octanol–water partition coefficient (Wildman–Crippen LogP) is 5.23. The number of hydrogen-bond donors (Lipinski definition) is 0. The normalized spacial score (nSPS) is 16.1. The molecule has 0 radical (unpaired) electrons. The molecule has 0 unspecified atom stereocenters. The summed E-state index contributed by atoms with van der Waals surface area (Å²) >= 11 is 0. The Kier molecular flexibility index (Phi) is 7.52. The molecule has 1 aliphatic rings. The summed E-state index contributed by atoms with van der Waals surface area (Å²) in [5, 5.41) is 5.36. The average Bonchev–Trinajstić information content (AvgIpc) is 3.26. The van der Waals surface area contributed by atoms with Gasteiger partial charge in [-0.1, -0.05) is 126 Å². The molecule has 5 rings (SSSR count). The fraction of sp³-hybridized carbons (Fsp3) is 0.364. The smallest absolute Gasteiger partial charge is 0.235 e. The van der Waals surface area contributed by atoms with E-state index < -0.39 is 0 Å². The van der Waals surface area contributed by atoms with E-state index in [1.807, 2.05) is 0 Å². The van der Waals surface area contributed by atoms with Gasteiger partial charge in [0.15, 0.2) is 0 Å². The maximum Gasteiger partial charge on any atom is 0.235 e. The maximum atomic E-state index is 2.60. The van der Waals surface area contributed by atoms with Gasteiger partial charge in [-0.25, -0.2) is 0 Å². The second-order valence-electron chi connectivity index (χ2n) is 12.3. The van der Waals surface area contributed by atoms with Gasteiger partial charge >= 0.3 is 0 Å². The van der Waals surface area contributed by atoms with Crippen LogP contribution in [-0.2, 0) is 0 Å². The van der Waals surface area contributed by atoms with E-state index in [-0.39, 0.29) is 34.8 Å². The molecule has 0 aliphatic carbocycles. The van der Waals surface area contributed by atoms with Gasteiger partial charge in [-0.15, -0.1) is 0 Å². The lowest BCUT2D eigenvalue weighted by Gasteiger charge is -2.34. The predicted molar refractivity (Wildman–Crippen MR) is 150 cm³/mol. The molecule has 0 fully saturated rings. The highest BCUT2D eigenvalue weighted by Crippen LogP contribution is 2.43. The summed E-state index contributed by atoms with van der Waals surface area (Å²) in [6.45, 7) is 16.3. The highest BCUT2D eigenvalue weighted by Gasteiger charge is 2.42. The van der Waals surface area contributed by atoms with Gasteiger partial charge in [0.2, 0.25) is 6.34 Å². The summed E-state index contributed by atoms with van der Waals surface area (Å²) in [5.74, 6) is 0. The van der Waals surface area contributed by atoms with Crippen LogP contribution < -0.4 is 24.0 Å². The first-order valence-electron chi connectivity index (χ1n) is 13.0. The molecule has 188 valence electrons. The molecule has 0 amide bonds. The molecule has 0 aromatic heterocycles. The molecule has 0 bridgehead atoms. The van der Waals surface area contributed by atoms with E-state index in [2.05, 4.69) is 142 Å². The molecule has 2 nitrogen and oxygen atoms in total. The summed E-state index contributed by atoms with van der Waals surface area (Å²) < 4.78 is 2.60. The van der Waals surface area contributed by atoms with Crippen molar-refractivity contribution in [2.24, 2.45) is 10.8 Å². The summed E-state index contributed by atoms with van der Waals surface area (Å²) in [7, 11) is 0. The standard InChI is InChI=1S/C33H39N2.HI/c1-32(2,3)30(28-19-11-15-24-13-7-9-17-26(24)28)34-21-22-35(23-34)31(33(4,5)6)29-20-12-16-25-14-8-10-18-27(25)29;/h7-20,23,30-31H,21-22H2,1-6H3;1H/q+1;/p-1/t30-,31-;/m1./s1. The van der Waals surface area contributed by atoms with E-state index >= 15 is 0 Å². The largest absolute Gasteiger partial charge is 1.00 e. The second-order valence-corrected chi connectivity index (χ2v) is 12.3. The molecule has 0 saturated carbocycles. The van der Waals surface area contributed by atoms with Crippen LogP contribution in [0.5, 0.6) is 0 Å². The summed E-state index contributed by atoms with van der Waals surface area (Å²) in [4.78, 5) is 2.60. The van der Waals surface area contributed by atoms with Crippen LogP contribution in [0.25, 0.3) is 21.5 Å². The lowest BCUT2D eigenvalue weighted by atomic mass is 9.80. The molecular formula is C33H39IN2. The van der Waals surface area contributed by atoms with Crippen LogP contribution >= 0.6 is 0 Å². The van der Waals surface area contributed by atoms with Crippen molar-refractivity contribution < 1.29 is 28.6 Å². The Balaban J connectivity index is 0.00000304. The first kappa shape index (κ1) is 26.7. The minimum Gasteiger partial charge on any atom is -1.00 e. The fourth-order valence-corrected chi connectivity index (χ4v) is 6.19. The zero-order chi connectivity index (χ0) is 24.8. The summed E-state index contributed by atoms with van der Waals surface area (Å²) in [5.41, 5.74) is 3.03. The number of benzene rings is 4. The number of nitrogens with zero attached hydrogens (tertiary/aromatic N) is 2. The van der Waals surface area contributed by atoms with Crippen molar-refractivity contribution in [3.05, 3.63) is 96.1 Å². The quantitative estimate of drug-likeness (QED) is 0.233. The van der Waals surface area contributed by atoms with Crippen molar-refractivity contribution in [1.29, 1.82) is 0 Å². The van der Waals surface area contributed by atoms with Gasteiger partial charge in [0, 0.05) is 22.0 Å². The Labute approximate surface area is 234 Å². The Morgan fingerprint density at radius 1 is 0.639 bits per heavy atom. The van der Waals surface area contributed by atoms with Gasteiger partial charge < -0.3 is 24.0 Å². The van der Waals surface area contributed by atoms with Gasteiger partial charge in [-0.2, -0.15) is 0 Å². The van der Waals surface area contributed by atoms with Gasteiger partial charge in [0.05, 0.1) is 0 Å². The highest BCUT2D eigenvalue weighted by molar-refractivity contribution is 5.87. The number of fused-ring (bicyclic) bond motifs is 2. The molecule has 3 heteroatoms. The lowest BCUT2D eigenvalue weighted by Crippen LogP contribution is -3.00. The molecule has 36 heavy (non-hydrogen) atoms. The zero-order valence-electron chi connectivity index (χ0n) is 22.5. The first-order valence-corrected chi connectivity index (χ1v) is 13.0. The molecular weight excluding hydrogens is 551 g/mol. The fourth-order valence-electron chi connectivity index (χ4n) is 6.19. The molecule has 0 saturated heterocycles. The van der Waals surface area contributed by atoms with Crippen molar-refractivity contribution in [2.45, 2.75) is 53.6 Å². The average molecular weight is 591 g/mol. The van der Waals surface area contributed by atoms with Crippen molar-refractivity contribution >= 4 is 27.9 Å². The third-order valence-electron chi connectivity index (χ3n) is 7.45. The van der Waals surface area contributed by atoms with E-state index in [0.29, 0.717) is 12.1 Å². The van der Waals surface area contributed by atoms with Crippen LogP contribution in [0.2, 0.25) is 0 Å². The Morgan fingerprint density at radius 2 is 1.14 bits per heavy atom. The maximum absolute atomic E-state index is 2.60. The van der Waals surface area contributed by atoms with Gasteiger partial charge in [-0.3, -0.25) is 9.48 Å². The van der Waals surface area contributed by atoms with Gasteiger partial charge in [-0.05, 0) is 21.5 Å². The zero-order valence-corrected chi connectivity index (χ0v) is 24.7. The Morgan fingerprint density at radius 3 is 1.69 bits per heavy atom. The van der Waals surface area contributed by atoms with E-state index in [9.17, 15) is 0 Å². The second kappa shape index (κ2) is 10.2. The third kappa shape index (κ3) is 5.04. The van der Waals surface area contributed by atoms with Crippen LogP contribution in [0, 0.1) is 10.8 Å². The number of halogens is 1. The minimum atomic E-state index is 0. The van der Waals surface area contributed by atoms with Gasteiger partial charge in [0.1, 0.15) is 25.2 Å². The van der Waals surface area contributed by atoms with Crippen LogP contribution in [0.3, 0.4) is 0 Å². The molecule has 1 heterocycles. The molecule has 0 spiro atoms. The topological polar surface area (TPSA) is 6.25 Å². The van der Waals surface area contributed by atoms with E-state index in [1.54, 1.807) is 0 Å². The first-order chi connectivity index (χ1) is 16.6. The van der Waals surface area contributed by atoms with Crippen molar-refractivity contribution in [2.75, 3.05) is 13.1 Å². The minimum absolute atomic E-state index is 0. The number of hydrogen-bond acceptors (Lipinski definition) is 1. The van der Waals surface area contributed by atoms with E-state index in [0.717, 1.165) is 13.1 Å². The van der Waals surface area contributed by atoms with Crippen LogP contribution in [0.15, 0.2) is 84.9 Å². The molecule has 4 aromatic carbocycles. The number of rotatable bonds is 4. The molecule has 1 aliphatic heterocycles. The lowest BCUT2D eigenvalue weighted by molar-refractivity contribution is -0.576. The highest BCUT2D eigenvalue weighted by atomic mass is 127. The van der Waals surface area contributed by atoms with E-state index in [4.69, 9.17) is 0 Å². The summed E-state index contributed by atoms with van der Waals surface area (Å²) in [6.07, 6.45) is 2.44. The Bertz CT molecular complexity index is 1380. The van der Waals surface area contributed by atoms with Gasteiger partial charge in [0.25, 0.3) is 0 Å². The monoisotopic (exact) mass is 590 g/mol. The van der Waals surface area contributed by atoms with E-state index in [1.165, 1.54) is 32.7 Å². The Hall–Kier alpha value is -2.40. The van der Waals surface area contributed by atoms with Crippen LogP contribution in [0.1, 0.15) is 64.8 Å². The molecule has 0 N–H and O–H groups in total. The SMILES string of the molecule is CC(C)(C)[C@@H](c1cccc2ccccc12)N1C=[N+]([C@H](c2cccc3ccccc23)C(C)(C)C)CC1.[I-].